The standard InChI is InChI=1S/C26H24N4O3S/c1-2-23(25(31)28-18-12-13-21-22(14-18)33-16-32-21)34-26-29-20-11-7-6-10-19(20)24(30-26)27-15-17-8-4-3-5-9-17/h3-14,23H,2,15-16H2,1H3,(H,28,31)(H,27,29,30)/t23-/m0/s1. The molecule has 0 bridgehead atoms. The molecule has 1 aliphatic heterocycles. The highest BCUT2D eigenvalue weighted by atomic mass is 32.2. The molecular weight excluding hydrogens is 448 g/mol. The molecule has 1 atom stereocenters. The number of carbonyl (C=O) groups excluding carboxylic acids is 1. The SMILES string of the molecule is CC[C@H](Sc1nc(NCc2ccccc2)c2ccccc2n1)C(=O)Nc1ccc2c(c1)OCO2. The van der Waals surface area contributed by atoms with Crippen LogP contribution in [0.5, 0.6) is 11.5 Å². The van der Waals surface area contributed by atoms with Gasteiger partial charge in [-0.15, -0.1) is 0 Å². The molecule has 172 valence electrons. The third-order valence-electron chi connectivity index (χ3n) is 5.44. The number of anilines is 2. The molecule has 5 rings (SSSR count). The number of hydrogen-bond donors (Lipinski definition) is 2. The molecule has 0 unspecified atom stereocenters. The number of nitrogens with zero attached hydrogens (tertiary/aromatic N) is 2. The molecule has 0 radical (unpaired) electrons. The number of thioether (sulfide) groups is 1. The quantitative estimate of drug-likeness (QED) is 0.259. The first-order chi connectivity index (χ1) is 16.7. The lowest BCUT2D eigenvalue weighted by atomic mass is 10.2. The lowest BCUT2D eigenvalue weighted by Gasteiger charge is -2.16. The van der Waals surface area contributed by atoms with Crippen LogP contribution in [-0.4, -0.2) is 27.9 Å². The van der Waals surface area contributed by atoms with Crippen molar-refractivity contribution in [2.75, 3.05) is 17.4 Å². The summed E-state index contributed by atoms with van der Waals surface area (Å²) < 4.78 is 10.7. The van der Waals surface area contributed by atoms with Crippen LogP contribution < -0.4 is 20.1 Å². The second-order valence-corrected chi connectivity index (χ2v) is 8.95. The molecule has 2 N–H and O–H groups in total. The Kier molecular flexibility index (Phi) is 6.49. The van der Waals surface area contributed by atoms with E-state index in [9.17, 15) is 4.79 Å². The van der Waals surface area contributed by atoms with Gasteiger partial charge in [-0.1, -0.05) is 61.2 Å². The number of aromatic nitrogens is 2. The van der Waals surface area contributed by atoms with E-state index in [1.54, 1.807) is 18.2 Å². The third kappa shape index (κ3) is 4.92. The summed E-state index contributed by atoms with van der Waals surface area (Å²) in [6.07, 6.45) is 0.629. The largest absolute Gasteiger partial charge is 0.454 e. The summed E-state index contributed by atoms with van der Waals surface area (Å²) in [5.41, 5.74) is 2.66. The Labute approximate surface area is 201 Å². The molecule has 2 heterocycles. The number of carbonyl (C=O) groups is 1. The summed E-state index contributed by atoms with van der Waals surface area (Å²) in [6.45, 7) is 2.82. The van der Waals surface area contributed by atoms with Crippen molar-refractivity contribution in [2.24, 2.45) is 0 Å². The first-order valence-corrected chi connectivity index (χ1v) is 12.0. The Morgan fingerprint density at radius 2 is 1.79 bits per heavy atom. The molecule has 1 aromatic heterocycles. The number of para-hydroxylation sites is 1. The van der Waals surface area contributed by atoms with E-state index >= 15 is 0 Å². The maximum atomic E-state index is 13.0. The Hall–Kier alpha value is -3.78. The maximum Gasteiger partial charge on any atom is 0.237 e. The van der Waals surface area contributed by atoms with Gasteiger partial charge in [0.15, 0.2) is 16.7 Å². The van der Waals surface area contributed by atoms with Crippen LogP contribution in [0.1, 0.15) is 18.9 Å². The van der Waals surface area contributed by atoms with Crippen LogP contribution >= 0.6 is 11.8 Å². The van der Waals surface area contributed by atoms with Gasteiger partial charge in [-0.2, -0.15) is 0 Å². The van der Waals surface area contributed by atoms with Crippen molar-refractivity contribution in [1.82, 2.24) is 9.97 Å². The average molecular weight is 473 g/mol. The monoisotopic (exact) mass is 472 g/mol. The van der Waals surface area contributed by atoms with E-state index in [4.69, 9.17) is 19.4 Å². The van der Waals surface area contributed by atoms with E-state index in [1.807, 2.05) is 49.4 Å². The van der Waals surface area contributed by atoms with Gasteiger partial charge in [-0.3, -0.25) is 4.79 Å². The summed E-state index contributed by atoms with van der Waals surface area (Å²) in [5.74, 6) is 1.95. The molecule has 34 heavy (non-hydrogen) atoms. The molecule has 0 saturated carbocycles. The zero-order chi connectivity index (χ0) is 23.3. The first kappa shape index (κ1) is 22.0. The fourth-order valence-corrected chi connectivity index (χ4v) is 4.55. The smallest absolute Gasteiger partial charge is 0.237 e. The lowest BCUT2D eigenvalue weighted by molar-refractivity contribution is -0.115. The van der Waals surface area contributed by atoms with Gasteiger partial charge in [-0.25, -0.2) is 9.97 Å². The summed E-state index contributed by atoms with van der Waals surface area (Å²) in [6, 6.07) is 23.4. The molecule has 1 aliphatic rings. The average Bonchev–Trinajstić information content (AvgIpc) is 3.34. The predicted molar refractivity (Wildman–Crippen MR) is 134 cm³/mol. The predicted octanol–water partition coefficient (Wildman–Crippen LogP) is 5.48. The van der Waals surface area contributed by atoms with E-state index < -0.39 is 0 Å². The van der Waals surface area contributed by atoms with Crippen LogP contribution in [0.2, 0.25) is 0 Å². The highest BCUT2D eigenvalue weighted by Crippen LogP contribution is 2.35. The minimum absolute atomic E-state index is 0.109. The molecule has 0 aliphatic carbocycles. The summed E-state index contributed by atoms with van der Waals surface area (Å²) in [7, 11) is 0. The van der Waals surface area contributed by atoms with Crippen molar-refractivity contribution in [1.29, 1.82) is 0 Å². The Morgan fingerprint density at radius 3 is 2.65 bits per heavy atom. The fraction of sp³-hybridized carbons (Fsp3) is 0.192. The molecule has 0 fully saturated rings. The zero-order valence-corrected chi connectivity index (χ0v) is 19.5. The minimum Gasteiger partial charge on any atom is -0.454 e. The van der Waals surface area contributed by atoms with Crippen molar-refractivity contribution < 1.29 is 14.3 Å². The minimum atomic E-state index is -0.353. The molecule has 8 heteroatoms. The van der Waals surface area contributed by atoms with E-state index in [-0.39, 0.29) is 18.0 Å². The van der Waals surface area contributed by atoms with Crippen LogP contribution in [-0.2, 0) is 11.3 Å². The normalized spacial score (nSPS) is 13.0. The molecule has 3 aromatic carbocycles. The van der Waals surface area contributed by atoms with Crippen LogP contribution in [0.25, 0.3) is 10.9 Å². The van der Waals surface area contributed by atoms with Crippen molar-refractivity contribution in [3.63, 3.8) is 0 Å². The van der Waals surface area contributed by atoms with E-state index in [2.05, 4.69) is 22.8 Å². The van der Waals surface area contributed by atoms with Gasteiger partial charge in [0.25, 0.3) is 0 Å². The molecule has 0 spiro atoms. The number of fused-ring (bicyclic) bond motifs is 2. The summed E-state index contributed by atoms with van der Waals surface area (Å²) in [4.78, 5) is 22.5. The number of rotatable bonds is 8. The zero-order valence-electron chi connectivity index (χ0n) is 18.7. The molecule has 4 aromatic rings. The topological polar surface area (TPSA) is 85.4 Å². The molecular formula is C26H24N4O3S. The molecule has 7 nitrogen and oxygen atoms in total. The van der Waals surface area contributed by atoms with Crippen LogP contribution in [0.4, 0.5) is 11.5 Å². The first-order valence-electron chi connectivity index (χ1n) is 11.1. The van der Waals surface area contributed by atoms with Gasteiger partial charge in [0.1, 0.15) is 5.82 Å². The highest BCUT2D eigenvalue weighted by molar-refractivity contribution is 8.00. The Morgan fingerprint density at radius 1 is 1.00 bits per heavy atom. The van der Waals surface area contributed by atoms with Crippen LogP contribution in [0, 0.1) is 0 Å². The second-order valence-electron chi connectivity index (χ2n) is 7.78. The van der Waals surface area contributed by atoms with E-state index in [1.165, 1.54) is 11.8 Å². The van der Waals surface area contributed by atoms with Crippen LogP contribution in [0.15, 0.2) is 78.0 Å². The van der Waals surface area contributed by atoms with Crippen molar-refractivity contribution in [3.05, 3.63) is 78.4 Å². The molecule has 0 saturated heterocycles. The second kappa shape index (κ2) is 10.0. The number of hydrogen-bond acceptors (Lipinski definition) is 7. The van der Waals surface area contributed by atoms with Crippen molar-refractivity contribution in [2.45, 2.75) is 30.3 Å². The number of benzene rings is 3. The molecule has 1 amide bonds. The highest BCUT2D eigenvalue weighted by Gasteiger charge is 2.22. The van der Waals surface area contributed by atoms with E-state index in [0.717, 1.165) is 22.3 Å². The van der Waals surface area contributed by atoms with Gasteiger partial charge in [0.05, 0.1) is 10.8 Å². The van der Waals surface area contributed by atoms with E-state index in [0.29, 0.717) is 35.3 Å². The van der Waals surface area contributed by atoms with Gasteiger partial charge in [0.2, 0.25) is 12.7 Å². The Bertz CT molecular complexity index is 1320. The summed E-state index contributed by atoms with van der Waals surface area (Å²) in [5, 5.41) is 7.56. The third-order valence-corrected chi connectivity index (χ3v) is 6.66. The van der Waals surface area contributed by atoms with Crippen LogP contribution in [0.3, 0.4) is 0 Å². The fourth-order valence-electron chi connectivity index (χ4n) is 3.67. The van der Waals surface area contributed by atoms with Crippen molar-refractivity contribution >= 4 is 40.1 Å². The van der Waals surface area contributed by atoms with Gasteiger partial charge in [0, 0.05) is 23.7 Å². The number of amides is 1. The lowest BCUT2D eigenvalue weighted by Crippen LogP contribution is -2.24. The maximum absolute atomic E-state index is 13.0. The van der Waals surface area contributed by atoms with Crippen molar-refractivity contribution in [3.8, 4) is 11.5 Å². The number of ether oxygens (including phenoxy) is 2. The Balaban J connectivity index is 1.34. The van der Waals surface area contributed by atoms with Gasteiger partial charge < -0.3 is 20.1 Å². The van der Waals surface area contributed by atoms with Gasteiger partial charge >= 0.3 is 0 Å². The summed E-state index contributed by atoms with van der Waals surface area (Å²) >= 11 is 1.36. The number of nitrogens with one attached hydrogen (secondary N) is 2. The van der Waals surface area contributed by atoms with Gasteiger partial charge in [-0.05, 0) is 36.2 Å².